The Morgan fingerprint density at radius 2 is 0.406 bits per heavy atom. The van der Waals surface area contributed by atoms with E-state index in [1.807, 2.05) is 0 Å². The summed E-state index contributed by atoms with van der Waals surface area (Å²) in [5.41, 5.74) is 30.4. The van der Waals surface area contributed by atoms with Crippen LogP contribution in [0.5, 0.6) is 0 Å². The molecule has 596 valence electrons. The molecule has 0 saturated heterocycles. The quantitative estimate of drug-likeness (QED) is 0.136. The molecule has 0 fully saturated rings. The second kappa shape index (κ2) is 29.3. The van der Waals surface area contributed by atoms with Gasteiger partial charge in [-0.25, -0.2) is 0 Å². The van der Waals surface area contributed by atoms with Crippen molar-refractivity contribution in [2.75, 3.05) is 0 Å². The van der Waals surface area contributed by atoms with Crippen molar-refractivity contribution in [2.45, 2.75) is 0 Å². The normalized spacial score (nSPS) is 11.9. The van der Waals surface area contributed by atoms with Crippen LogP contribution < -0.4 is 0 Å². The smallest absolute Gasteiger partial charge is 0.0547 e. The van der Waals surface area contributed by atoms with E-state index in [4.69, 9.17) is 0 Å². The molecule has 0 aliphatic heterocycles. The molecule has 22 aromatic carbocycles. The Kier molecular flexibility index (Phi) is 16.6. The Labute approximate surface area is 735 Å². The van der Waals surface area contributed by atoms with Crippen molar-refractivity contribution >= 4 is 185 Å². The fraction of sp³-hybridized carbons (Fsp3) is 0. The first-order chi connectivity index (χ1) is 63.5. The van der Waals surface area contributed by atoms with Gasteiger partial charge in [0.1, 0.15) is 0 Å². The van der Waals surface area contributed by atoms with E-state index in [2.05, 4.69) is 484 Å². The molecule has 0 radical (unpaired) electrons. The molecule has 6 nitrogen and oxygen atoms in total. The summed E-state index contributed by atoms with van der Waals surface area (Å²) in [5, 5.41) is 27.8. The van der Waals surface area contributed by atoms with Crippen LogP contribution in [-0.4, -0.2) is 28.7 Å². The molecular formula is C122H78N6. The molecule has 28 rings (SSSR count). The summed E-state index contributed by atoms with van der Waals surface area (Å²) in [6.07, 6.45) is 0. The van der Waals surface area contributed by atoms with Crippen molar-refractivity contribution in [3.05, 3.63) is 455 Å². The van der Waals surface area contributed by atoms with Gasteiger partial charge >= 0.3 is 0 Å². The molecule has 0 saturated carbocycles. The summed E-state index contributed by atoms with van der Waals surface area (Å²) in [6, 6.07) is 165. The SMILES string of the molecule is c1ccc(-n2c3ccccc3c3cc(-c4ccc(-c5cc6c7ccccc7[nH]c6c6ccccc56)c5ccccc45)ccc32)cc1.c1ccc(-n2c3ccccc3c3cc(-c4ccc5cc(-c6cc7c8ccccc8[nH]c7c7ccccc67)ccc5c4)ccc32)cc1.c1ccc(-n2c3ccccc3c3ccc(-c4cc5c6ccccc6[nH]c5c5ccccc45)cc32)cc1. The third kappa shape index (κ3) is 11.6. The van der Waals surface area contributed by atoms with Crippen molar-refractivity contribution < 1.29 is 0 Å². The highest BCUT2D eigenvalue weighted by Crippen LogP contribution is 2.48. The first-order valence-electron chi connectivity index (χ1n) is 44.1. The lowest BCUT2D eigenvalue weighted by Crippen LogP contribution is -1.93. The number of aromatic nitrogens is 6. The number of hydrogen-bond donors (Lipinski definition) is 3. The lowest BCUT2D eigenvalue weighted by Gasteiger charge is -2.15. The average Bonchev–Trinajstić information content (AvgIpc) is 1.58. The minimum absolute atomic E-state index is 1.17. The topological polar surface area (TPSA) is 62.2 Å². The number of fused-ring (bicyclic) bond motifs is 26. The maximum absolute atomic E-state index is 3.71. The molecule has 6 aromatic heterocycles. The van der Waals surface area contributed by atoms with Gasteiger partial charge in [0.15, 0.2) is 0 Å². The number of para-hydroxylation sites is 9. The molecule has 128 heavy (non-hydrogen) atoms. The highest BCUT2D eigenvalue weighted by Gasteiger charge is 2.23. The molecule has 6 heterocycles. The van der Waals surface area contributed by atoms with E-state index in [9.17, 15) is 0 Å². The van der Waals surface area contributed by atoms with E-state index >= 15 is 0 Å². The summed E-state index contributed by atoms with van der Waals surface area (Å²) >= 11 is 0. The van der Waals surface area contributed by atoms with Gasteiger partial charge in [0.2, 0.25) is 0 Å². The Morgan fingerprint density at radius 1 is 0.133 bits per heavy atom. The van der Waals surface area contributed by atoms with Crippen LogP contribution in [0.4, 0.5) is 0 Å². The van der Waals surface area contributed by atoms with Gasteiger partial charge in [0.05, 0.1) is 49.7 Å². The van der Waals surface area contributed by atoms with Gasteiger partial charge in [-0.15, -0.1) is 0 Å². The van der Waals surface area contributed by atoms with Gasteiger partial charge < -0.3 is 28.7 Å². The number of aromatic amines is 3. The van der Waals surface area contributed by atoms with E-state index in [-0.39, 0.29) is 0 Å². The largest absolute Gasteiger partial charge is 0.354 e. The molecule has 0 amide bonds. The molecule has 0 spiro atoms. The number of nitrogens with zero attached hydrogens (tertiary/aromatic N) is 3. The molecule has 6 heteroatoms. The third-order valence-electron chi connectivity index (χ3n) is 26.9. The zero-order chi connectivity index (χ0) is 84.0. The van der Waals surface area contributed by atoms with Crippen LogP contribution in [0.25, 0.3) is 257 Å². The van der Waals surface area contributed by atoms with Gasteiger partial charge in [-0.3, -0.25) is 0 Å². The van der Waals surface area contributed by atoms with Crippen molar-refractivity contribution in [2.24, 2.45) is 0 Å². The molecule has 0 unspecified atom stereocenters. The minimum Gasteiger partial charge on any atom is -0.354 e. The summed E-state index contributed by atoms with van der Waals surface area (Å²) in [7, 11) is 0. The monoisotopic (exact) mass is 1630 g/mol. The maximum Gasteiger partial charge on any atom is 0.0547 e. The van der Waals surface area contributed by atoms with Crippen LogP contribution in [0.1, 0.15) is 0 Å². The Bertz CT molecular complexity index is 9400. The first-order valence-corrected chi connectivity index (χ1v) is 44.1. The summed E-state index contributed by atoms with van der Waals surface area (Å²) < 4.78 is 7.13. The first kappa shape index (κ1) is 72.6. The lowest BCUT2D eigenvalue weighted by molar-refractivity contribution is 1.18. The lowest BCUT2D eigenvalue weighted by atomic mass is 9.89. The molecule has 0 bridgehead atoms. The second-order valence-corrected chi connectivity index (χ2v) is 33.9. The fourth-order valence-corrected chi connectivity index (χ4v) is 21.1. The molecular weight excluding hydrogens is 1550 g/mol. The minimum atomic E-state index is 1.17. The van der Waals surface area contributed by atoms with E-state index in [0.29, 0.717) is 0 Å². The zero-order valence-electron chi connectivity index (χ0n) is 69.6. The van der Waals surface area contributed by atoms with Crippen molar-refractivity contribution in [1.29, 1.82) is 0 Å². The number of benzene rings is 22. The third-order valence-corrected chi connectivity index (χ3v) is 26.9. The molecule has 0 atom stereocenters. The van der Waals surface area contributed by atoms with Gasteiger partial charge in [0.25, 0.3) is 0 Å². The van der Waals surface area contributed by atoms with Crippen LogP contribution in [-0.2, 0) is 0 Å². The Hall–Kier alpha value is -17.1. The zero-order valence-corrected chi connectivity index (χ0v) is 69.6. The standard InChI is InChI=1S/2C44H28N2.C34H22N2/c1-2-10-33(11-3-1)46-42-17-9-7-14-36(42)39-26-31(22-23-43(39)46)29-18-19-30-25-32(21-20-28(30)24-29)38-27-40-35-13-6-8-16-41(35)45-44(40)37-15-5-4-12-34(37)38;1-2-12-29(13-3-1)46-42-21-11-9-18-36(42)39-26-28(22-25-43(39)46)30-23-24-34(32-15-5-4-14-31(30)32)38-27-40-35-17-8-10-20-41(35)45-44(40)37-19-7-6-16-33(37)38;1-2-10-23(11-3-1)36-32-17-9-7-14-26(32)27-19-18-22(20-33(27)36)29-21-30-25-13-6-8-16-31(25)35-34(30)28-15-5-4-12-24(28)29/h2*1-27,45H;1-21,35H. The number of H-pyrrole nitrogens is 3. The van der Waals surface area contributed by atoms with Crippen molar-refractivity contribution in [3.8, 4) is 72.7 Å². The highest BCUT2D eigenvalue weighted by atomic mass is 15.0. The second-order valence-electron chi connectivity index (χ2n) is 33.9. The van der Waals surface area contributed by atoms with Gasteiger partial charge in [0, 0.05) is 114 Å². The van der Waals surface area contributed by atoms with E-state index in [1.165, 1.54) is 257 Å². The highest BCUT2D eigenvalue weighted by molar-refractivity contribution is 6.26. The predicted molar refractivity (Wildman–Crippen MR) is 545 cm³/mol. The van der Waals surface area contributed by atoms with E-state index in [0.717, 1.165) is 0 Å². The number of rotatable bonds is 8. The van der Waals surface area contributed by atoms with Crippen molar-refractivity contribution in [3.63, 3.8) is 0 Å². The van der Waals surface area contributed by atoms with E-state index < -0.39 is 0 Å². The van der Waals surface area contributed by atoms with Crippen LogP contribution in [0.2, 0.25) is 0 Å². The number of hydrogen-bond acceptors (Lipinski definition) is 0. The number of nitrogens with one attached hydrogen (secondary N) is 3. The van der Waals surface area contributed by atoms with Gasteiger partial charge in [-0.05, 0) is 227 Å². The molecule has 3 N–H and O–H groups in total. The summed E-state index contributed by atoms with van der Waals surface area (Å²) in [5.74, 6) is 0. The Balaban J connectivity index is 0.000000103. The fourth-order valence-electron chi connectivity index (χ4n) is 21.1. The van der Waals surface area contributed by atoms with Crippen molar-refractivity contribution in [1.82, 2.24) is 28.7 Å². The molecule has 0 aliphatic carbocycles. The van der Waals surface area contributed by atoms with Crippen LogP contribution in [0, 0.1) is 0 Å². The van der Waals surface area contributed by atoms with E-state index in [1.54, 1.807) is 0 Å². The maximum atomic E-state index is 3.71. The van der Waals surface area contributed by atoms with Crippen LogP contribution in [0.3, 0.4) is 0 Å². The molecule has 0 aliphatic rings. The Morgan fingerprint density at radius 3 is 0.867 bits per heavy atom. The summed E-state index contributed by atoms with van der Waals surface area (Å²) in [4.78, 5) is 11.1. The summed E-state index contributed by atoms with van der Waals surface area (Å²) in [6.45, 7) is 0. The van der Waals surface area contributed by atoms with Crippen LogP contribution in [0.15, 0.2) is 455 Å². The molecule has 28 aromatic rings. The van der Waals surface area contributed by atoms with Gasteiger partial charge in [-0.2, -0.15) is 0 Å². The predicted octanol–water partition coefficient (Wildman–Crippen LogP) is 33.4. The van der Waals surface area contributed by atoms with Gasteiger partial charge in [-0.1, -0.05) is 322 Å². The van der Waals surface area contributed by atoms with Crippen LogP contribution >= 0.6 is 0 Å². The average molecular weight is 1630 g/mol.